The number of benzene rings is 2. The van der Waals surface area contributed by atoms with Gasteiger partial charge in [-0.15, -0.1) is 0 Å². The summed E-state index contributed by atoms with van der Waals surface area (Å²) in [5.41, 5.74) is 6.72. The van der Waals surface area contributed by atoms with E-state index in [1.807, 2.05) is 0 Å². The van der Waals surface area contributed by atoms with Gasteiger partial charge >= 0.3 is 0 Å². The van der Waals surface area contributed by atoms with Gasteiger partial charge < -0.3 is 5.73 Å². The lowest BCUT2D eigenvalue weighted by molar-refractivity contribution is 0.533. The first-order chi connectivity index (χ1) is 9.47. The maximum Gasteiger partial charge on any atom is 0.137 e. The smallest absolute Gasteiger partial charge is 0.137 e. The van der Waals surface area contributed by atoms with E-state index in [-0.39, 0.29) is 17.8 Å². The van der Waals surface area contributed by atoms with Crippen molar-refractivity contribution in [3.8, 4) is 0 Å². The van der Waals surface area contributed by atoms with Crippen molar-refractivity contribution in [2.24, 2.45) is 5.73 Å². The summed E-state index contributed by atoms with van der Waals surface area (Å²) in [5.74, 6) is -1.55. The van der Waals surface area contributed by atoms with E-state index in [1.165, 1.54) is 24.3 Å². The standard InChI is InChI=1S/C15H13BrF3N/c16-12-7-9(4-5-15(12)19)6-10(20)8-11-13(17)2-1-3-14(11)18/h1-5,7,10H,6,8,20H2. The molecule has 0 saturated carbocycles. The van der Waals surface area contributed by atoms with Gasteiger partial charge in [0.1, 0.15) is 17.5 Å². The molecule has 0 saturated heterocycles. The molecule has 5 heteroatoms. The van der Waals surface area contributed by atoms with Crippen LogP contribution in [0.25, 0.3) is 0 Å². The van der Waals surface area contributed by atoms with Crippen molar-refractivity contribution in [2.75, 3.05) is 0 Å². The van der Waals surface area contributed by atoms with Crippen LogP contribution in [0.4, 0.5) is 13.2 Å². The van der Waals surface area contributed by atoms with E-state index in [4.69, 9.17) is 5.73 Å². The Kier molecular flexibility index (Phi) is 4.83. The third-order valence-corrected chi connectivity index (χ3v) is 3.62. The first-order valence-electron chi connectivity index (χ1n) is 6.09. The van der Waals surface area contributed by atoms with Crippen molar-refractivity contribution < 1.29 is 13.2 Å². The molecule has 0 aliphatic heterocycles. The fourth-order valence-corrected chi connectivity index (χ4v) is 2.46. The molecule has 0 heterocycles. The minimum absolute atomic E-state index is 0.0128. The van der Waals surface area contributed by atoms with E-state index in [0.717, 1.165) is 5.56 Å². The second-order valence-corrected chi connectivity index (χ2v) is 5.47. The van der Waals surface area contributed by atoms with Gasteiger partial charge in [0.05, 0.1) is 4.47 Å². The summed E-state index contributed by atoms with van der Waals surface area (Å²) in [4.78, 5) is 0. The van der Waals surface area contributed by atoms with E-state index in [9.17, 15) is 13.2 Å². The van der Waals surface area contributed by atoms with Gasteiger partial charge in [0.15, 0.2) is 0 Å². The highest BCUT2D eigenvalue weighted by Gasteiger charge is 2.13. The van der Waals surface area contributed by atoms with Crippen LogP contribution in [0.2, 0.25) is 0 Å². The van der Waals surface area contributed by atoms with Crippen LogP contribution in [0.1, 0.15) is 11.1 Å². The number of hydrogen-bond acceptors (Lipinski definition) is 1. The van der Waals surface area contributed by atoms with Gasteiger partial charge in [-0.25, -0.2) is 13.2 Å². The number of hydrogen-bond donors (Lipinski definition) is 1. The molecule has 0 aromatic heterocycles. The SMILES string of the molecule is NC(Cc1ccc(F)c(Br)c1)Cc1c(F)cccc1F. The van der Waals surface area contributed by atoms with Gasteiger partial charge in [-0.05, 0) is 58.6 Å². The van der Waals surface area contributed by atoms with E-state index >= 15 is 0 Å². The quantitative estimate of drug-likeness (QED) is 0.892. The molecule has 1 unspecified atom stereocenters. The van der Waals surface area contributed by atoms with Crippen molar-refractivity contribution >= 4 is 15.9 Å². The molecular weight excluding hydrogens is 331 g/mol. The molecule has 0 aliphatic rings. The lowest BCUT2D eigenvalue weighted by Crippen LogP contribution is -2.26. The number of rotatable bonds is 4. The van der Waals surface area contributed by atoms with Crippen LogP contribution < -0.4 is 5.73 Å². The molecule has 106 valence electrons. The zero-order valence-corrected chi connectivity index (χ0v) is 12.1. The molecule has 0 amide bonds. The maximum absolute atomic E-state index is 13.5. The minimum Gasteiger partial charge on any atom is -0.327 e. The first-order valence-corrected chi connectivity index (χ1v) is 6.89. The summed E-state index contributed by atoms with van der Waals surface area (Å²) in [6.45, 7) is 0. The highest BCUT2D eigenvalue weighted by Crippen LogP contribution is 2.19. The summed E-state index contributed by atoms with van der Waals surface area (Å²) in [7, 11) is 0. The molecule has 2 aromatic carbocycles. The lowest BCUT2D eigenvalue weighted by atomic mass is 9.99. The van der Waals surface area contributed by atoms with Crippen LogP contribution in [0.5, 0.6) is 0 Å². The highest BCUT2D eigenvalue weighted by molar-refractivity contribution is 9.10. The van der Waals surface area contributed by atoms with Crippen molar-refractivity contribution in [1.29, 1.82) is 0 Å². The van der Waals surface area contributed by atoms with Crippen molar-refractivity contribution in [3.63, 3.8) is 0 Å². The number of halogens is 4. The largest absolute Gasteiger partial charge is 0.327 e. The van der Waals surface area contributed by atoms with Crippen LogP contribution in [0.15, 0.2) is 40.9 Å². The van der Waals surface area contributed by atoms with Crippen LogP contribution in [-0.2, 0) is 12.8 Å². The normalized spacial score (nSPS) is 12.4. The predicted molar refractivity (Wildman–Crippen MR) is 75.8 cm³/mol. The number of nitrogens with two attached hydrogens (primary N) is 1. The van der Waals surface area contributed by atoms with Crippen molar-refractivity contribution in [2.45, 2.75) is 18.9 Å². The monoisotopic (exact) mass is 343 g/mol. The molecule has 0 radical (unpaired) electrons. The van der Waals surface area contributed by atoms with E-state index < -0.39 is 17.7 Å². The molecule has 2 rings (SSSR count). The Morgan fingerprint density at radius 2 is 1.60 bits per heavy atom. The summed E-state index contributed by atoms with van der Waals surface area (Å²) < 4.78 is 40.5. The first kappa shape index (κ1) is 15.1. The molecule has 2 N–H and O–H groups in total. The fourth-order valence-electron chi connectivity index (χ4n) is 2.03. The zero-order valence-electron chi connectivity index (χ0n) is 10.5. The molecule has 2 aromatic rings. The summed E-state index contributed by atoms with van der Waals surface area (Å²) in [6, 6.07) is 7.84. The molecule has 1 nitrogen and oxygen atoms in total. The third kappa shape index (κ3) is 3.61. The summed E-state index contributed by atoms with van der Waals surface area (Å²) in [6.07, 6.45) is 0.500. The van der Waals surface area contributed by atoms with Crippen LogP contribution >= 0.6 is 15.9 Å². The second-order valence-electron chi connectivity index (χ2n) is 4.62. The van der Waals surface area contributed by atoms with Crippen LogP contribution in [0, 0.1) is 17.5 Å². The van der Waals surface area contributed by atoms with Crippen molar-refractivity contribution in [3.05, 3.63) is 69.4 Å². The van der Waals surface area contributed by atoms with Crippen LogP contribution in [0.3, 0.4) is 0 Å². The van der Waals surface area contributed by atoms with Gasteiger partial charge in [-0.2, -0.15) is 0 Å². The summed E-state index contributed by atoms with van der Waals surface area (Å²) in [5, 5.41) is 0. The van der Waals surface area contributed by atoms with E-state index in [0.29, 0.717) is 10.9 Å². The van der Waals surface area contributed by atoms with Crippen LogP contribution in [-0.4, -0.2) is 6.04 Å². The van der Waals surface area contributed by atoms with E-state index in [2.05, 4.69) is 15.9 Å². The lowest BCUT2D eigenvalue weighted by Gasteiger charge is -2.13. The summed E-state index contributed by atoms with van der Waals surface area (Å²) >= 11 is 3.09. The molecule has 20 heavy (non-hydrogen) atoms. The Bertz CT molecular complexity index is 596. The Morgan fingerprint density at radius 1 is 0.950 bits per heavy atom. The Hall–Kier alpha value is -1.33. The van der Waals surface area contributed by atoms with Crippen molar-refractivity contribution in [1.82, 2.24) is 0 Å². The molecule has 1 atom stereocenters. The van der Waals surface area contributed by atoms with E-state index in [1.54, 1.807) is 12.1 Å². The molecule has 0 aliphatic carbocycles. The molecule has 0 bridgehead atoms. The van der Waals surface area contributed by atoms with Gasteiger partial charge in [-0.3, -0.25) is 0 Å². The molecular formula is C15H13BrF3N. The fraction of sp³-hybridized carbons (Fsp3) is 0.200. The second kappa shape index (κ2) is 6.41. The van der Waals surface area contributed by atoms with Gasteiger partial charge in [0, 0.05) is 11.6 Å². The highest BCUT2D eigenvalue weighted by atomic mass is 79.9. The average Bonchev–Trinajstić information content (AvgIpc) is 2.38. The Morgan fingerprint density at radius 3 is 2.20 bits per heavy atom. The maximum atomic E-state index is 13.5. The van der Waals surface area contributed by atoms with Gasteiger partial charge in [0.2, 0.25) is 0 Å². The minimum atomic E-state index is -0.597. The third-order valence-electron chi connectivity index (χ3n) is 3.01. The Balaban J connectivity index is 2.09. The molecule has 0 fully saturated rings. The molecule has 0 spiro atoms. The Labute approximate surface area is 123 Å². The van der Waals surface area contributed by atoms with Gasteiger partial charge in [0.25, 0.3) is 0 Å². The van der Waals surface area contributed by atoms with Gasteiger partial charge in [-0.1, -0.05) is 12.1 Å². The predicted octanol–water partition coefficient (Wildman–Crippen LogP) is 3.98. The average molecular weight is 344 g/mol. The zero-order chi connectivity index (χ0) is 14.7. The topological polar surface area (TPSA) is 26.0 Å².